The van der Waals surface area contributed by atoms with Gasteiger partial charge < -0.3 is 15.2 Å². The molecule has 1 fully saturated rings. The minimum absolute atomic E-state index is 0.0225. The van der Waals surface area contributed by atoms with E-state index in [1.165, 1.54) is 11.3 Å². The molecule has 0 unspecified atom stereocenters. The van der Waals surface area contributed by atoms with E-state index in [9.17, 15) is 9.90 Å². The lowest BCUT2D eigenvalue weighted by Gasteiger charge is -2.15. The third-order valence-electron chi connectivity index (χ3n) is 3.64. The number of ether oxygens (including phenoxy) is 1. The quantitative estimate of drug-likeness (QED) is 0.888. The number of carbonyl (C=O) groups excluding carboxylic acids is 1. The van der Waals surface area contributed by atoms with E-state index >= 15 is 0 Å². The van der Waals surface area contributed by atoms with Gasteiger partial charge in [-0.1, -0.05) is 30.3 Å². The van der Waals surface area contributed by atoms with Gasteiger partial charge in [0, 0.05) is 6.61 Å². The van der Waals surface area contributed by atoms with E-state index < -0.39 is 6.04 Å². The van der Waals surface area contributed by atoms with Crippen molar-refractivity contribution < 1.29 is 14.6 Å². The summed E-state index contributed by atoms with van der Waals surface area (Å²) >= 11 is 1.36. The van der Waals surface area contributed by atoms with Gasteiger partial charge in [-0.3, -0.25) is 4.79 Å². The van der Waals surface area contributed by atoms with Crippen molar-refractivity contribution in [3.63, 3.8) is 0 Å². The number of thiazole rings is 1. The van der Waals surface area contributed by atoms with Gasteiger partial charge in [-0.2, -0.15) is 0 Å². The predicted octanol–water partition coefficient (Wildman–Crippen LogP) is 2.46. The standard InChI is InChI=1S/C16H18N2O3S/c19-10-12(11-5-2-1-3-6-11)18-15(20)14-9-17-16(22-14)13-7-4-8-21-13/h1-3,5-6,9,12-13,19H,4,7-8,10H2,(H,18,20)/t12-,13-/m1/s1. The number of nitrogens with one attached hydrogen (secondary N) is 1. The van der Waals surface area contributed by atoms with Gasteiger partial charge in [0.1, 0.15) is 16.0 Å². The molecule has 0 saturated carbocycles. The molecule has 0 aliphatic carbocycles. The van der Waals surface area contributed by atoms with Gasteiger partial charge in [-0.15, -0.1) is 11.3 Å². The van der Waals surface area contributed by atoms with Crippen molar-refractivity contribution >= 4 is 17.2 Å². The largest absolute Gasteiger partial charge is 0.394 e. The summed E-state index contributed by atoms with van der Waals surface area (Å²) in [7, 11) is 0. The molecule has 2 atom stereocenters. The number of carbonyl (C=O) groups is 1. The molecule has 2 heterocycles. The third kappa shape index (κ3) is 3.35. The van der Waals surface area contributed by atoms with Crippen LogP contribution in [0.5, 0.6) is 0 Å². The SMILES string of the molecule is O=C(N[C@H](CO)c1ccccc1)c1cnc([C@H]2CCCO2)s1. The molecule has 0 spiro atoms. The molecule has 1 amide bonds. The third-order valence-corrected chi connectivity index (χ3v) is 4.73. The molecular formula is C16H18N2O3S. The van der Waals surface area contributed by atoms with Gasteiger partial charge in [-0.05, 0) is 18.4 Å². The van der Waals surface area contributed by atoms with E-state index in [0.717, 1.165) is 30.0 Å². The topological polar surface area (TPSA) is 71.5 Å². The first-order valence-electron chi connectivity index (χ1n) is 7.32. The molecule has 6 heteroatoms. The number of aliphatic hydroxyl groups excluding tert-OH is 1. The molecule has 1 aromatic heterocycles. The van der Waals surface area contributed by atoms with E-state index in [0.29, 0.717) is 4.88 Å². The molecule has 1 aliphatic rings. The Kier molecular flexibility index (Phi) is 4.82. The minimum Gasteiger partial charge on any atom is -0.394 e. The van der Waals surface area contributed by atoms with Crippen molar-refractivity contribution in [2.75, 3.05) is 13.2 Å². The van der Waals surface area contributed by atoms with Crippen LogP contribution in [0.3, 0.4) is 0 Å². The van der Waals surface area contributed by atoms with Crippen LogP contribution in [0.1, 0.15) is 45.2 Å². The lowest BCUT2D eigenvalue weighted by Crippen LogP contribution is -2.30. The summed E-state index contributed by atoms with van der Waals surface area (Å²) in [6, 6.07) is 9.01. The highest BCUT2D eigenvalue weighted by Crippen LogP contribution is 2.31. The minimum atomic E-state index is -0.415. The van der Waals surface area contributed by atoms with Crippen LogP contribution in [-0.2, 0) is 4.74 Å². The Bertz CT molecular complexity index is 623. The molecule has 1 aliphatic heterocycles. The van der Waals surface area contributed by atoms with E-state index in [4.69, 9.17) is 4.74 Å². The average molecular weight is 318 g/mol. The van der Waals surface area contributed by atoms with Gasteiger partial charge in [0.2, 0.25) is 0 Å². The van der Waals surface area contributed by atoms with Crippen molar-refractivity contribution in [1.29, 1.82) is 0 Å². The number of benzene rings is 1. The van der Waals surface area contributed by atoms with Crippen LogP contribution in [0.15, 0.2) is 36.5 Å². The van der Waals surface area contributed by atoms with Crippen LogP contribution < -0.4 is 5.32 Å². The normalized spacial score (nSPS) is 19.0. The number of aliphatic hydroxyl groups is 1. The Morgan fingerprint density at radius 2 is 2.27 bits per heavy atom. The molecule has 2 N–H and O–H groups in total. The van der Waals surface area contributed by atoms with E-state index in [1.54, 1.807) is 6.20 Å². The number of hydrogen-bond acceptors (Lipinski definition) is 5. The fourth-order valence-electron chi connectivity index (χ4n) is 2.46. The number of aromatic nitrogens is 1. The number of nitrogens with zero attached hydrogens (tertiary/aromatic N) is 1. The lowest BCUT2D eigenvalue weighted by molar-refractivity contribution is 0.0920. The lowest BCUT2D eigenvalue weighted by atomic mass is 10.1. The van der Waals surface area contributed by atoms with E-state index in [2.05, 4.69) is 10.3 Å². The summed E-state index contributed by atoms with van der Waals surface area (Å²) in [6.07, 6.45) is 3.59. The monoisotopic (exact) mass is 318 g/mol. The average Bonchev–Trinajstić information content (AvgIpc) is 3.23. The Labute approximate surface area is 133 Å². The van der Waals surface area contributed by atoms with Crippen LogP contribution in [-0.4, -0.2) is 29.2 Å². The summed E-state index contributed by atoms with van der Waals surface area (Å²) < 4.78 is 5.58. The maximum atomic E-state index is 12.3. The molecule has 0 radical (unpaired) electrons. The number of rotatable bonds is 5. The number of amides is 1. The zero-order valence-electron chi connectivity index (χ0n) is 12.1. The molecule has 22 heavy (non-hydrogen) atoms. The first kappa shape index (κ1) is 15.1. The fraction of sp³-hybridized carbons (Fsp3) is 0.375. The zero-order valence-corrected chi connectivity index (χ0v) is 12.9. The van der Waals surface area contributed by atoms with Gasteiger partial charge in [0.25, 0.3) is 5.91 Å². The van der Waals surface area contributed by atoms with Crippen molar-refractivity contribution in [1.82, 2.24) is 10.3 Å². The van der Waals surface area contributed by atoms with Gasteiger partial charge in [0.15, 0.2) is 0 Å². The number of hydrogen-bond donors (Lipinski definition) is 2. The molecule has 1 saturated heterocycles. The van der Waals surface area contributed by atoms with Crippen LogP contribution in [0.2, 0.25) is 0 Å². The van der Waals surface area contributed by atoms with Crippen LogP contribution in [0.25, 0.3) is 0 Å². The summed E-state index contributed by atoms with van der Waals surface area (Å²) in [5.41, 5.74) is 0.877. The van der Waals surface area contributed by atoms with Crippen LogP contribution in [0, 0.1) is 0 Å². The van der Waals surface area contributed by atoms with Gasteiger partial charge in [0.05, 0.1) is 18.8 Å². The summed E-state index contributed by atoms with van der Waals surface area (Å²) in [6.45, 7) is 0.611. The molecule has 5 nitrogen and oxygen atoms in total. The van der Waals surface area contributed by atoms with Crippen LogP contribution in [0.4, 0.5) is 0 Å². The zero-order chi connectivity index (χ0) is 15.4. The molecule has 116 valence electrons. The van der Waals surface area contributed by atoms with Crippen molar-refractivity contribution in [2.24, 2.45) is 0 Å². The molecular weight excluding hydrogens is 300 g/mol. The first-order valence-corrected chi connectivity index (χ1v) is 8.13. The van der Waals surface area contributed by atoms with Gasteiger partial charge in [-0.25, -0.2) is 4.98 Å². The smallest absolute Gasteiger partial charge is 0.263 e. The van der Waals surface area contributed by atoms with Crippen molar-refractivity contribution in [3.05, 3.63) is 52.0 Å². The highest BCUT2D eigenvalue weighted by Gasteiger charge is 2.23. The second-order valence-electron chi connectivity index (χ2n) is 5.18. The van der Waals surface area contributed by atoms with Crippen molar-refractivity contribution in [3.8, 4) is 0 Å². The predicted molar refractivity (Wildman–Crippen MR) is 83.8 cm³/mol. The molecule has 2 aromatic rings. The maximum Gasteiger partial charge on any atom is 0.263 e. The second kappa shape index (κ2) is 7.00. The fourth-order valence-corrected chi connectivity index (χ4v) is 3.37. The summed E-state index contributed by atoms with van der Waals surface area (Å²) in [5.74, 6) is -0.218. The van der Waals surface area contributed by atoms with Crippen LogP contribution >= 0.6 is 11.3 Å². The first-order chi connectivity index (χ1) is 10.8. The van der Waals surface area contributed by atoms with Crippen molar-refractivity contribution in [2.45, 2.75) is 25.0 Å². The Hall–Kier alpha value is -1.76. The maximum absolute atomic E-state index is 12.3. The molecule has 3 rings (SSSR count). The Balaban J connectivity index is 1.68. The highest BCUT2D eigenvalue weighted by molar-refractivity contribution is 7.13. The van der Waals surface area contributed by atoms with E-state index in [-0.39, 0.29) is 18.6 Å². The summed E-state index contributed by atoms with van der Waals surface area (Å²) in [5, 5.41) is 13.2. The summed E-state index contributed by atoms with van der Waals surface area (Å²) in [4.78, 5) is 17.2. The Morgan fingerprint density at radius 1 is 1.45 bits per heavy atom. The highest BCUT2D eigenvalue weighted by atomic mass is 32.1. The second-order valence-corrected chi connectivity index (χ2v) is 6.25. The Morgan fingerprint density at radius 3 is 2.95 bits per heavy atom. The molecule has 0 bridgehead atoms. The van der Waals surface area contributed by atoms with E-state index in [1.807, 2.05) is 30.3 Å². The molecule has 1 aromatic carbocycles. The van der Waals surface area contributed by atoms with Gasteiger partial charge >= 0.3 is 0 Å².